The molecule has 1 atom stereocenters. The highest BCUT2D eigenvalue weighted by Crippen LogP contribution is 2.36. The molecule has 1 N–H and O–H groups in total. The quantitative estimate of drug-likeness (QED) is 0.772. The van der Waals surface area contributed by atoms with Crippen LogP contribution in [0.25, 0.3) is 0 Å². The standard InChI is InChI=1S/C14H28N2/c1-3-14(4-2)8-11-16(12-14)10-7-13-6-5-9-15-13/h13,15H,3-12H2,1-2H3. The van der Waals surface area contributed by atoms with E-state index in [1.807, 2.05) is 0 Å². The zero-order valence-corrected chi connectivity index (χ0v) is 11.1. The second-order valence-corrected chi connectivity index (χ2v) is 5.82. The lowest BCUT2D eigenvalue weighted by Gasteiger charge is -2.27. The first kappa shape index (κ1) is 12.4. The van der Waals surface area contributed by atoms with E-state index < -0.39 is 0 Å². The molecule has 0 aliphatic carbocycles. The van der Waals surface area contributed by atoms with Gasteiger partial charge in [-0.3, -0.25) is 0 Å². The summed E-state index contributed by atoms with van der Waals surface area (Å²) >= 11 is 0. The van der Waals surface area contributed by atoms with E-state index in [0.717, 1.165) is 6.04 Å². The van der Waals surface area contributed by atoms with Crippen LogP contribution in [0, 0.1) is 5.41 Å². The van der Waals surface area contributed by atoms with Crippen molar-refractivity contribution >= 4 is 0 Å². The summed E-state index contributed by atoms with van der Waals surface area (Å²) in [7, 11) is 0. The maximum absolute atomic E-state index is 3.60. The molecule has 2 fully saturated rings. The van der Waals surface area contributed by atoms with Gasteiger partial charge in [-0.1, -0.05) is 13.8 Å². The van der Waals surface area contributed by atoms with Gasteiger partial charge in [-0.05, 0) is 63.6 Å². The maximum Gasteiger partial charge on any atom is 0.00797 e. The first-order valence-electron chi connectivity index (χ1n) is 7.24. The van der Waals surface area contributed by atoms with E-state index in [0.29, 0.717) is 5.41 Å². The fraction of sp³-hybridized carbons (Fsp3) is 1.00. The van der Waals surface area contributed by atoms with Crippen LogP contribution in [0.3, 0.4) is 0 Å². The van der Waals surface area contributed by atoms with Crippen molar-refractivity contribution in [1.82, 2.24) is 10.2 Å². The van der Waals surface area contributed by atoms with Crippen LogP contribution in [0.4, 0.5) is 0 Å². The van der Waals surface area contributed by atoms with Gasteiger partial charge < -0.3 is 10.2 Å². The Morgan fingerprint density at radius 3 is 2.69 bits per heavy atom. The van der Waals surface area contributed by atoms with Gasteiger partial charge in [0.1, 0.15) is 0 Å². The monoisotopic (exact) mass is 224 g/mol. The highest BCUT2D eigenvalue weighted by atomic mass is 15.2. The summed E-state index contributed by atoms with van der Waals surface area (Å²) in [5.74, 6) is 0. The fourth-order valence-corrected chi connectivity index (χ4v) is 3.39. The normalized spacial score (nSPS) is 30.0. The van der Waals surface area contributed by atoms with Crippen LogP contribution >= 0.6 is 0 Å². The Hall–Kier alpha value is -0.0800. The molecule has 0 radical (unpaired) electrons. The first-order valence-corrected chi connectivity index (χ1v) is 7.24. The van der Waals surface area contributed by atoms with Crippen molar-refractivity contribution in [2.45, 2.75) is 58.4 Å². The van der Waals surface area contributed by atoms with E-state index in [1.54, 1.807) is 0 Å². The van der Waals surface area contributed by atoms with Crippen LogP contribution in [-0.4, -0.2) is 37.1 Å². The van der Waals surface area contributed by atoms with Crippen molar-refractivity contribution in [3.05, 3.63) is 0 Å². The number of hydrogen-bond donors (Lipinski definition) is 1. The van der Waals surface area contributed by atoms with Crippen LogP contribution in [-0.2, 0) is 0 Å². The van der Waals surface area contributed by atoms with Gasteiger partial charge in [0.2, 0.25) is 0 Å². The Balaban J connectivity index is 1.71. The lowest BCUT2D eigenvalue weighted by Crippen LogP contribution is -2.31. The van der Waals surface area contributed by atoms with Gasteiger partial charge in [-0.2, -0.15) is 0 Å². The lowest BCUT2D eigenvalue weighted by atomic mass is 9.82. The minimum Gasteiger partial charge on any atom is -0.314 e. The van der Waals surface area contributed by atoms with E-state index in [9.17, 15) is 0 Å². The highest BCUT2D eigenvalue weighted by molar-refractivity contribution is 4.88. The van der Waals surface area contributed by atoms with E-state index in [4.69, 9.17) is 0 Å². The Labute approximate surface area is 101 Å². The topological polar surface area (TPSA) is 15.3 Å². The number of likely N-dealkylation sites (tertiary alicyclic amines) is 1. The van der Waals surface area contributed by atoms with Gasteiger partial charge in [0.05, 0.1) is 0 Å². The number of hydrogen-bond acceptors (Lipinski definition) is 2. The van der Waals surface area contributed by atoms with Gasteiger partial charge in [-0.25, -0.2) is 0 Å². The second kappa shape index (κ2) is 5.50. The number of nitrogens with one attached hydrogen (secondary N) is 1. The molecule has 0 spiro atoms. The van der Waals surface area contributed by atoms with Gasteiger partial charge >= 0.3 is 0 Å². The number of rotatable bonds is 5. The van der Waals surface area contributed by atoms with Gasteiger partial charge in [0, 0.05) is 12.6 Å². The van der Waals surface area contributed by atoms with Gasteiger partial charge in [-0.15, -0.1) is 0 Å². The van der Waals surface area contributed by atoms with Crippen LogP contribution < -0.4 is 5.32 Å². The molecule has 2 aliphatic rings. The van der Waals surface area contributed by atoms with Crippen molar-refractivity contribution < 1.29 is 0 Å². The zero-order valence-electron chi connectivity index (χ0n) is 11.1. The molecule has 0 aromatic rings. The first-order chi connectivity index (χ1) is 7.78. The van der Waals surface area contributed by atoms with Crippen molar-refractivity contribution in [3.8, 4) is 0 Å². The van der Waals surface area contributed by atoms with Gasteiger partial charge in [0.25, 0.3) is 0 Å². The number of nitrogens with zero attached hydrogens (tertiary/aromatic N) is 1. The summed E-state index contributed by atoms with van der Waals surface area (Å²) in [5.41, 5.74) is 0.656. The molecular formula is C14H28N2. The van der Waals surface area contributed by atoms with Crippen LogP contribution in [0.1, 0.15) is 52.4 Å². The summed E-state index contributed by atoms with van der Waals surface area (Å²) in [6.07, 6.45) is 8.31. The minimum absolute atomic E-state index is 0.656. The van der Waals surface area contributed by atoms with Gasteiger partial charge in [0.15, 0.2) is 0 Å². The Kier molecular flexibility index (Phi) is 4.26. The molecule has 0 aromatic carbocycles. The molecule has 0 aromatic heterocycles. The van der Waals surface area contributed by atoms with E-state index in [2.05, 4.69) is 24.1 Å². The molecule has 16 heavy (non-hydrogen) atoms. The summed E-state index contributed by atoms with van der Waals surface area (Å²) in [6.45, 7) is 10.00. The Morgan fingerprint density at radius 1 is 1.31 bits per heavy atom. The second-order valence-electron chi connectivity index (χ2n) is 5.82. The van der Waals surface area contributed by atoms with Crippen LogP contribution in [0.2, 0.25) is 0 Å². The molecule has 2 heterocycles. The third-order valence-electron chi connectivity index (χ3n) is 4.97. The van der Waals surface area contributed by atoms with Crippen molar-refractivity contribution in [2.24, 2.45) is 5.41 Å². The third kappa shape index (κ3) is 2.78. The molecule has 2 nitrogen and oxygen atoms in total. The smallest absolute Gasteiger partial charge is 0.00797 e. The summed E-state index contributed by atoms with van der Waals surface area (Å²) in [4.78, 5) is 2.70. The van der Waals surface area contributed by atoms with Crippen LogP contribution in [0.15, 0.2) is 0 Å². The molecule has 0 amide bonds. The highest BCUT2D eigenvalue weighted by Gasteiger charge is 2.34. The van der Waals surface area contributed by atoms with E-state index in [-0.39, 0.29) is 0 Å². The zero-order chi connectivity index (χ0) is 11.4. The van der Waals surface area contributed by atoms with E-state index >= 15 is 0 Å². The minimum atomic E-state index is 0.656. The molecule has 2 heteroatoms. The molecule has 2 rings (SSSR count). The molecule has 0 bridgehead atoms. The molecule has 94 valence electrons. The van der Waals surface area contributed by atoms with Crippen molar-refractivity contribution in [3.63, 3.8) is 0 Å². The van der Waals surface area contributed by atoms with E-state index in [1.165, 1.54) is 64.7 Å². The molecular weight excluding hydrogens is 196 g/mol. The van der Waals surface area contributed by atoms with Crippen LogP contribution in [0.5, 0.6) is 0 Å². The molecule has 1 unspecified atom stereocenters. The molecule has 2 saturated heterocycles. The molecule has 0 saturated carbocycles. The van der Waals surface area contributed by atoms with Crippen molar-refractivity contribution in [2.75, 3.05) is 26.2 Å². The SMILES string of the molecule is CCC1(CC)CCN(CCC2CCCN2)C1. The Morgan fingerprint density at radius 2 is 2.12 bits per heavy atom. The average molecular weight is 224 g/mol. The predicted octanol–water partition coefficient (Wildman–Crippen LogP) is 2.64. The van der Waals surface area contributed by atoms with Crippen molar-refractivity contribution in [1.29, 1.82) is 0 Å². The third-order valence-corrected chi connectivity index (χ3v) is 4.97. The summed E-state index contributed by atoms with van der Waals surface area (Å²) < 4.78 is 0. The average Bonchev–Trinajstić information content (AvgIpc) is 2.96. The summed E-state index contributed by atoms with van der Waals surface area (Å²) in [6, 6.07) is 0.818. The Bertz CT molecular complexity index is 205. The largest absolute Gasteiger partial charge is 0.314 e. The fourth-order valence-electron chi connectivity index (χ4n) is 3.39. The molecule has 2 aliphatic heterocycles. The predicted molar refractivity (Wildman–Crippen MR) is 69.7 cm³/mol. The lowest BCUT2D eigenvalue weighted by molar-refractivity contribution is 0.234. The summed E-state index contributed by atoms with van der Waals surface area (Å²) in [5, 5.41) is 3.60. The maximum atomic E-state index is 3.60.